The van der Waals surface area contributed by atoms with Crippen LogP contribution in [0.1, 0.15) is 0 Å². The van der Waals surface area contributed by atoms with Gasteiger partial charge in [-0.05, 0) is 0 Å². The van der Waals surface area contributed by atoms with Crippen molar-refractivity contribution in [3.63, 3.8) is 0 Å². The number of carbonyl (C=O) groups excluding carboxylic acids is 1. The van der Waals surface area contributed by atoms with Crippen molar-refractivity contribution in [1.29, 1.82) is 0 Å². The summed E-state index contributed by atoms with van der Waals surface area (Å²) in [5.41, 5.74) is 0.841. The fourth-order valence-electron chi connectivity index (χ4n) is 2.60. The van der Waals surface area contributed by atoms with Crippen LogP contribution in [0.4, 0.5) is 5.82 Å². The highest BCUT2D eigenvalue weighted by atomic mass is 16.1. The third-order valence-electron chi connectivity index (χ3n) is 3.83. The van der Waals surface area contributed by atoms with Gasteiger partial charge in [0.2, 0.25) is 5.91 Å². The van der Waals surface area contributed by atoms with E-state index in [0.717, 1.165) is 43.0 Å². The van der Waals surface area contributed by atoms with Crippen LogP contribution < -0.4 is 10.2 Å². The molecule has 2 aromatic rings. The first-order chi connectivity index (χ1) is 10.2. The van der Waals surface area contributed by atoms with E-state index in [-0.39, 0.29) is 5.91 Å². The Morgan fingerprint density at radius 2 is 2.05 bits per heavy atom. The Bertz CT molecular complexity index is 645. The molecule has 0 aliphatic carbocycles. The van der Waals surface area contributed by atoms with Gasteiger partial charge in [-0.3, -0.25) is 14.4 Å². The Labute approximate surface area is 122 Å². The van der Waals surface area contributed by atoms with Crippen molar-refractivity contribution in [3.05, 3.63) is 12.5 Å². The molecule has 2 aromatic heterocycles. The van der Waals surface area contributed by atoms with E-state index in [2.05, 4.69) is 30.2 Å². The number of nitrogens with zero attached hydrogens (tertiary/aromatic N) is 6. The molecule has 0 aromatic carbocycles. The molecular formula is C13H19N7O. The van der Waals surface area contributed by atoms with Crippen LogP contribution in [0.25, 0.3) is 11.0 Å². The predicted octanol–water partition coefficient (Wildman–Crippen LogP) is -0.769. The van der Waals surface area contributed by atoms with Crippen molar-refractivity contribution in [1.82, 2.24) is 30.0 Å². The van der Waals surface area contributed by atoms with Gasteiger partial charge in [0.05, 0.1) is 18.1 Å². The average molecular weight is 289 g/mol. The highest BCUT2D eigenvalue weighted by molar-refractivity contribution is 5.86. The molecule has 1 aliphatic rings. The largest absolute Gasteiger partial charge is 0.358 e. The van der Waals surface area contributed by atoms with E-state index in [9.17, 15) is 4.79 Å². The lowest BCUT2D eigenvalue weighted by Crippen LogP contribution is -2.49. The highest BCUT2D eigenvalue weighted by Crippen LogP contribution is 2.22. The van der Waals surface area contributed by atoms with Gasteiger partial charge in [0.15, 0.2) is 5.65 Å². The number of aromatic nitrogens is 4. The third-order valence-corrected chi connectivity index (χ3v) is 3.83. The Morgan fingerprint density at radius 3 is 2.76 bits per heavy atom. The summed E-state index contributed by atoms with van der Waals surface area (Å²) in [6.07, 6.45) is 3.39. The van der Waals surface area contributed by atoms with Gasteiger partial charge in [-0.1, -0.05) is 0 Å². The second kappa shape index (κ2) is 5.65. The number of fused-ring (bicyclic) bond motifs is 1. The van der Waals surface area contributed by atoms with Gasteiger partial charge in [-0.25, -0.2) is 9.97 Å². The maximum atomic E-state index is 11.4. The topological polar surface area (TPSA) is 79.2 Å². The smallest absolute Gasteiger partial charge is 0.233 e. The first-order valence-electron chi connectivity index (χ1n) is 6.99. The molecule has 3 heterocycles. The summed E-state index contributed by atoms with van der Waals surface area (Å²) in [6.45, 7) is 3.84. The summed E-state index contributed by atoms with van der Waals surface area (Å²) in [6, 6.07) is 0. The summed E-state index contributed by atoms with van der Waals surface area (Å²) in [5, 5.41) is 7.87. The second-order valence-electron chi connectivity index (χ2n) is 5.14. The number of nitrogens with one attached hydrogen (secondary N) is 1. The molecule has 0 atom stereocenters. The zero-order valence-electron chi connectivity index (χ0n) is 12.3. The molecule has 1 amide bonds. The lowest BCUT2D eigenvalue weighted by Gasteiger charge is -2.35. The average Bonchev–Trinajstić information content (AvgIpc) is 2.90. The van der Waals surface area contributed by atoms with Crippen molar-refractivity contribution in [2.45, 2.75) is 0 Å². The zero-order valence-corrected chi connectivity index (χ0v) is 12.3. The molecule has 3 rings (SSSR count). The van der Waals surface area contributed by atoms with Gasteiger partial charge in [-0.15, -0.1) is 0 Å². The molecule has 0 bridgehead atoms. The lowest BCUT2D eigenvalue weighted by atomic mass is 10.2. The van der Waals surface area contributed by atoms with E-state index in [0.29, 0.717) is 6.54 Å². The maximum Gasteiger partial charge on any atom is 0.233 e. The van der Waals surface area contributed by atoms with Crippen LogP contribution in [0.3, 0.4) is 0 Å². The minimum absolute atomic E-state index is 0.0557. The molecular weight excluding hydrogens is 270 g/mol. The Balaban J connectivity index is 1.72. The molecule has 0 radical (unpaired) electrons. The monoisotopic (exact) mass is 289 g/mol. The van der Waals surface area contributed by atoms with Crippen LogP contribution >= 0.6 is 0 Å². The van der Waals surface area contributed by atoms with Gasteiger partial charge in [0, 0.05) is 40.3 Å². The van der Waals surface area contributed by atoms with Gasteiger partial charge < -0.3 is 10.2 Å². The molecule has 1 saturated heterocycles. The quantitative estimate of drug-likeness (QED) is 0.799. The fourth-order valence-corrected chi connectivity index (χ4v) is 2.60. The van der Waals surface area contributed by atoms with Gasteiger partial charge in [0.1, 0.15) is 12.1 Å². The molecule has 8 nitrogen and oxygen atoms in total. The van der Waals surface area contributed by atoms with E-state index in [1.807, 2.05) is 13.2 Å². The molecule has 21 heavy (non-hydrogen) atoms. The van der Waals surface area contributed by atoms with Crippen LogP contribution in [-0.2, 0) is 11.8 Å². The molecule has 1 fully saturated rings. The van der Waals surface area contributed by atoms with Crippen molar-refractivity contribution in [2.24, 2.45) is 7.05 Å². The van der Waals surface area contributed by atoms with Crippen molar-refractivity contribution in [2.75, 3.05) is 44.7 Å². The van der Waals surface area contributed by atoms with Crippen LogP contribution in [-0.4, -0.2) is 70.3 Å². The second-order valence-corrected chi connectivity index (χ2v) is 5.14. The Kier molecular flexibility index (Phi) is 3.70. The lowest BCUT2D eigenvalue weighted by molar-refractivity contribution is -0.121. The molecule has 1 N–H and O–H groups in total. The minimum Gasteiger partial charge on any atom is -0.358 e. The van der Waals surface area contributed by atoms with Crippen molar-refractivity contribution in [3.8, 4) is 0 Å². The van der Waals surface area contributed by atoms with Crippen LogP contribution in [0.2, 0.25) is 0 Å². The molecule has 0 unspecified atom stereocenters. The number of amides is 1. The van der Waals surface area contributed by atoms with Crippen LogP contribution in [0.15, 0.2) is 12.5 Å². The first-order valence-corrected chi connectivity index (χ1v) is 6.99. The number of rotatable bonds is 3. The number of hydrogen-bond donors (Lipinski definition) is 1. The Morgan fingerprint density at radius 1 is 1.29 bits per heavy atom. The third kappa shape index (κ3) is 2.66. The van der Waals surface area contributed by atoms with E-state index in [1.165, 1.54) is 0 Å². The summed E-state index contributed by atoms with van der Waals surface area (Å²) in [7, 11) is 3.54. The summed E-state index contributed by atoms with van der Waals surface area (Å²) < 4.78 is 1.75. The normalized spacial score (nSPS) is 16.4. The molecule has 1 aliphatic heterocycles. The van der Waals surface area contributed by atoms with E-state index < -0.39 is 0 Å². The van der Waals surface area contributed by atoms with Crippen LogP contribution in [0.5, 0.6) is 0 Å². The summed E-state index contributed by atoms with van der Waals surface area (Å²) >= 11 is 0. The van der Waals surface area contributed by atoms with Crippen molar-refractivity contribution < 1.29 is 4.79 Å². The minimum atomic E-state index is 0.0557. The fraction of sp³-hybridized carbons (Fsp3) is 0.538. The first kappa shape index (κ1) is 13.7. The number of carbonyl (C=O) groups is 1. The number of hydrogen-bond acceptors (Lipinski definition) is 6. The SMILES string of the molecule is CNC(=O)CN1CCN(c2ncnc3c2cnn3C)CC1. The molecule has 0 spiro atoms. The molecule has 8 heteroatoms. The zero-order chi connectivity index (χ0) is 14.8. The van der Waals surface area contributed by atoms with Crippen molar-refractivity contribution >= 4 is 22.8 Å². The number of likely N-dealkylation sites (N-methyl/N-ethyl adjacent to an activating group) is 1. The molecule has 112 valence electrons. The maximum absolute atomic E-state index is 11.4. The number of anilines is 1. The van der Waals surface area contributed by atoms with Gasteiger partial charge in [0.25, 0.3) is 0 Å². The number of aryl methyl sites for hydroxylation is 1. The predicted molar refractivity (Wildman–Crippen MR) is 79.0 cm³/mol. The summed E-state index contributed by atoms with van der Waals surface area (Å²) in [5.74, 6) is 0.979. The van der Waals surface area contributed by atoms with E-state index in [1.54, 1.807) is 18.1 Å². The Hall–Kier alpha value is -2.22. The van der Waals surface area contributed by atoms with Crippen LogP contribution in [0, 0.1) is 0 Å². The van der Waals surface area contributed by atoms with E-state index in [4.69, 9.17) is 0 Å². The molecule has 0 saturated carbocycles. The highest BCUT2D eigenvalue weighted by Gasteiger charge is 2.21. The number of piperazine rings is 1. The standard InChI is InChI=1S/C13H19N7O/c1-14-11(21)8-19-3-5-20(6-4-19)13-10-7-17-18(2)12(10)15-9-16-13/h7,9H,3-6,8H2,1-2H3,(H,14,21). The van der Waals surface area contributed by atoms with Gasteiger partial charge >= 0.3 is 0 Å². The summed E-state index contributed by atoms with van der Waals surface area (Å²) in [4.78, 5) is 24.5. The van der Waals surface area contributed by atoms with Gasteiger partial charge in [-0.2, -0.15) is 5.10 Å². The van der Waals surface area contributed by atoms with E-state index >= 15 is 0 Å².